The third-order valence-corrected chi connectivity index (χ3v) is 3.34. The number of aliphatic carboxylic acids is 1. The molecule has 0 saturated heterocycles. The Bertz CT molecular complexity index is 298. The number of hydrogen-bond donors (Lipinski definition) is 3. The van der Waals surface area contributed by atoms with Gasteiger partial charge in [0, 0.05) is 13.1 Å². The normalized spacial score (nSPS) is 18.8. The fourth-order valence-electron chi connectivity index (χ4n) is 1.92. The first kappa shape index (κ1) is 14.0. The van der Waals surface area contributed by atoms with Crippen LogP contribution in [-0.4, -0.2) is 30.1 Å². The first-order chi connectivity index (χ1) is 7.91. The molecule has 0 bridgehead atoms. The molecule has 0 aromatic rings. The van der Waals surface area contributed by atoms with Crippen molar-refractivity contribution in [2.45, 2.75) is 33.1 Å². The molecule has 1 aliphatic carbocycles. The molecular formula is C12H22N2O3. The molecule has 0 radical (unpaired) electrons. The topological polar surface area (TPSA) is 92.4 Å². The molecule has 1 rings (SSSR count). The number of nitrogens with one attached hydrogen (secondary N) is 1. The largest absolute Gasteiger partial charge is 0.481 e. The van der Waals surface area contributed by atoms with E-state index in [-0.39, 0.29) is 12.5 Å². The molecule has 1 amide bonds. The standard InChI is InChI=1S/C12H22N2O3/c1-8(2)5-9(10(15)16)6-14-11(17)12(7-13)3-4-12/h8-9H,3-7,13H2,1-2H3,(H,14,17)(H,15,16). The third kappa shape index (κ3) is 3.70. The van der Waals surface area contributed by atoms with Gasteiger partial charge in [0.25, 0.3) is 0 Å². The van der Waals surface area contributed by atoms with Crippen LogP contribution in [0.1, 0.15) is 33.1 Å². The van der Waals surface area contributed by atoms with Gasteiger partial charge in [0.2, 0.25) is 5.91 Å². The summed E-state index contributed by atoms with van der Waals surface area (Å²) in [6.07, 6.45) is 2.21. The van der Waals surface area contributed by atoms with Gasteiger partial charge in [-0.2, -0.15) is 0 Å². The maximum atomic E-state index is 11.8. The number of carboxylic acids is 1. The summed E-state index contributed by atoms with van der Waals surface area (Å²) in [5, 5.41) is 11.8. The smallest absolute Gasteiger partial charge is 0.308 e. The van der Waals surface area contributed by atoms with E-state index in [0.717, 1.165) is 12.8 Å². The van der Waals surface area contributed by atoms with Crippen molar-refractivity contribution in [2.24, 2.45) is 23.0 Å². The molecule has 5 nitrogen and oxygen atoms in total. The molecule has 0 aromatic carbocycles. The van der Waals surface area contributed by atoms with Gasteiger partial charge < -0.3 is 16.2 Å². The minimum Gasteiger partial charge on any atom is -0.481 e. The summed E-state index contributed by atoms with van der Waals surface area (Å²) in [6.45, 7) is 4.49. The quantitative estimate of drug-likeness (QED) is 0.609. The Labute approximate surface area is 102 Å². The molecule has 1 unspecified atom stereocenters. The second-order valence-electron chi connectivity index (χ2n) is 5.36. The third-order valence-electron chi connectivity index (χ3n) is 3.34. The zero-order valence-corrected chi connectivity index (χ0v) is 10.5. The maximum Gasteiger partial charge on any atom is 0.308 e. The molecule has 4 N–H and O–H groups in total. The lowest BCUT2D eigenvalue weighted by atomic mass is 9.96. The SMILES string of the molecule is CC(C)CC(CNC(=O)C1(CN)CC1)C(=O)O. The number of nitrogens with two attached hydrogens (primary N) is 1. The Morgan fingerprint density at radius 3 is 2.35 bits per heavy atom. The predicted molar refractivity (Wildman–Crippen MR) is 64.3 cm³/mol. The molecule has 0 heterocycles. The molecule has 0 aliphatic heterocycles. The molecule has 1 fully saturated rings. The molecular weight excluding hydrogens is 220 g/mol. The number of hydrogen-bond acceptors (Lipinski definition) is 3. The number of amides is 1. The van der Waals surface area contributed by atoms with Gasteiger partial charge in [0.1, 0.15) is 0 Å². The lowest BCUT2D eigenvalue weighted by molar-refractivity contribution is -0.142. The van der Waals surface area contributed by atoms with Gasteiger partial charge in [0.15, 0.2) is 0 Å². The van der Waals surface area contributed by atoms with Gasteiger partial charge >= 0.3 is 5.97 Å². The Morgan fingerprint density at radius 1 is 1.41 bits per heavy atom. The van der Waals surface area contributed by atoms with E-state index in [1.165, 1.54) is 0 Å². The second-order valence-corrected chi connectivity index (χ2v) is 5.36. The van der Waals surface area contributed by atoms with Crippen LogP contribution in [0.15, 0.2) is 0 Å². The highest BCUT2D eigenvalue weighted by Gasteiger charge is 2.48. The number of carbonyl (C=O) groups is 2. The van der Waals surface area contributed by atoms with Gasteiger partial charge in [0.05, 0.1) is 11.3 Å². The zero-order valence-electron chi connectivity index (χ0n) is 10.5. The summed E-state index contributed by atoms with van der Waals surface area (Å²) in [4.78, 5) is 22.8. The van der Waals surface area contributed by atoms with E-state index in [1.807, 2.05) is 13.8 Å². The molecule has 98 valence electrons. The van der Waals surface area contributed by atoms with E-state index in [0.29, 0.717) is 18.9 Å². The van der Waals surface area contributed by atoms with Crippen LogP contribution in [-0.2, 0) is 9.59 Å². The van der Waals surface area contributed by atoms with E-state index in [2.05, 4.69) is 5.32 Å². The van der Waals surface area contributed by atoms with Crippen LogP contribution in [0.5, 0.6) is 0 Å². The van der Waals surface area contributed by atoms with Crippen LogP contribution in [0.25, 0.3) is 0 Å². The van der Waals surface area contributed by atoms with E-state index in [4.69, 9.17) is 10.8 Å². The van der Waals surface area contributed by atoms with Crippen molar-refractivity contribution in [3.8, 4) is 0 Å². The lowest BCUT2D eigenvalue weighted by Crippen LogP contribution is -2.40. The molecule has 1 atom stereocenters. The molecule has 0 spiro atoms. The highest BCUT2D eigenvalue weighted by atomic mass is 16.4. The monoisotopic (exact) mass is 242 g/mol. The van der Waals surface area contributed by atoms with Crippen molar-refractivity contribution in [1.29, 1.82) is 0 Å². The molecule has 1 saturated carbocycles. The number of carbonyl (C=O) groups excluding carboxylic acids is 1. The second kappa shape index (κ2) is 5.49. The van der Waals surface area contributed by atoms with Crippen LogP contribution in [0.2, 0.25) is 0 Å². The average molecular weight is 242 g/mol. The summed E-state index contributed by atoms with van der Waals surface area (Å²) in [6, 6.07) is 0. The summed E-state index contributed by atoms with van der Waals surface area (Å²) in [5.41, 5.74) is 5.14. The molecule has 17 heavy (non-hydrogen) atoms. The minimum absolute atomic E-state index is 0.0880. The van der Waals surface area contributed by atoms with Crippen LogP contribution in [0, 0.1) is 17.3 Å². The first-order valence-corrected chi connectivity index (χ1v) is 6.12. The average Bonchev–Trinajstić information content (AvgIpc) is 3.03. The van der Waals surface area contributed by atoms with Crippen molar-refractivity contribution in [2.75, 3.05) is 13.1 Å². The predicted octanol–water partition coefficient (Wildman–Crippen LogP) is 0.588. The summed E-state index contributed by atoms with van der Waals surface area (Å²) in [7, 11) is 0. The van der Waals surface area contributed by atoms with Crippen molar-refractivity contribution >= 4 is 11.9 Å². The number of rotatable bonds is 7. The van der Waals surface area contributed by atoms with Crippen LogP contribution < -0.4 is 11.1 Å². The van der Waals surface area contributed by atoms with Crippen molar-refractivity contribution < 1.29 is 14.7 Å². The van der Waals surface area contributed by atoms with Gasteiger partial charge in [-0.05, 0) is 25.2 Å². The Kier molecular flexibility index (Phi) is 4.51. The molecule has 0 aromatic heterocycles. The van der Waals surface area contributed by atoms with Crippen molar-refractivity contribution in [3.05, 3.63) is 0 Å². The fraction of sp³-hybridized carbons (Fsp3) is 0.833. The summed E-state index contributed by atoms with van der Waals surface area (Å²) >= 11 is 0. The summed E-state index contributed by atoms with van der Waals surface area (Å²) in [5.74, 6) is -1.14. The van der Waals surface area contributed by atoms with E-state index >= 15 is 0 Å². The Hall–Kier alpha value is -1.10. The Balaban J connectivity index is 2.41. The van der Waals surface area contributed by atoms with Gasteiger partial charge in [-0.1, -0.05) is 13.8 Å². The highest BCUT2D eigenvalue weighted by Crippen LogP contribution is 2.44. The lowest BCUT2D eigenvalue weighted by Gasteiger charge is -2.18. The van der Waals surface area contributed by atoms with Gasteiger partial charge in [-0.25, -0.2) is 0 Å². The first-order valence-electron chi connectivity index (χ1n) is 6.12. The molecule has 5 heteroatoms. The highest BCUT2D eigenvalue weighted by molar-refractivity contribution is 5.86. The minimum atomic E-state index is -0.850. The van der Waals surface area contributed by atoms with Crippen LogP contribution >= 0.6 is 0 Å². The van der Waals surface area contributed by atoms with Crippen LogP contribution in [0.3, 0.4) is 0 Å². The van der Waals surface area contributed by atoms with Crippen molar-refractivity contribution in [1.82, 2.24) is 5.32 Å². The van der Waals surface area contributed by atoms with E-state index in [1.54, 1.807) is 0 Å². The van der Waals surface area contributed by atoms with E-state index in [9.17, 15) is 9.59 Å². The maximum absolute atomic E-state index is 11.8. The molecule has 1 aliphatic rings. The zero-order chi connectivity index (χ0) is 13.1. The number of carboxylic acid groups (broad SMARTS) is 1. The van der Waals surface area contributed by atoms with Crippen LogP contribution in [0.4, 0.5) is 0 Å². The summed E-state index contributed by atoms with van der Waals surface area (Å²) < 4.78 is 0. The van der Waals surface area contributed by atoms with Crippen molar-refractivity contribution in [3.63, 3.8) is 0 Å². The Morgan fingerprint density at radius 2 is 2.00 bits per heavy atom. The van der Waals surface area contributed by atoms with Gasteiger partial charge in [-0.15, -0.1) is 0 Å². The van der Waals surface area contributed by atoms with E-state index < -0.39 is 17.3 Å². The fourth-order valence-corrected chi connectivity index (χ4v) is 1.92. The van der Waals surface area contributed by atoms with Gasteiger partial charge in [-0.3, -0.25) is 9.59 Å².